The van der Waals surface area contributed by atoms with E-state index >= 15 is 0 Å². The number of hydrogen-bond donors (Lipinski definition) is 0. The van der Waals surface area contributed by atoms with Crippen molar-refractivity contribution in [3.05, 3.63) is 65.7 Å². The van der Waals surface area contributed by atoms with Crippen LogP contribution in [0.4, 0.5) is 0 Å². The molecule has 1 fully saturated rings. The maximum atomic E-state index is 6.03. The SMILES string of the molecule is CC(C)(C)c1ccc(OCC2CCN(Cc3ccccc3)C2)cc1. The van der Waals surface area contributed by atoms with E-state index in [0.717, 1.165) is 25.4 Å². The van der Waals surface area contributed by atoms with Gasteiger partial charge in [0, 0.05) is 19.0 Å². The van der Waals surface area contributed by atoms with Crippen LogP contribution in [0.2, 0.25) is 0 Å². The summed E-state index contributed by atoms with van der Waals surface area (Å²) in [5.74, 6) is 1.63. The van der Waals surface area contributed by atoms with Crippen molar-refractivity contribution in [1.82, 2.24) is 4.90 Å². The Bertz CT molecular complexity index is 627. The minimum atomic E-state index is 0.196. The zero-order chi connectivity index (χ0) is 17.0. The van der Waals surface area contributed by atoms with Gasteiger partial charge in [0.15, 0.2) is 0 Å². The Hall–Kier alpha value is -1.80. The number of benzene rings is 2. The Morgan fingerprint density at radius 2 is 1.71 bits per heavy atom. The lowest BCUT2D eigenvalue weighted by atomic mass is 9.87. The van der Waals surface area contributed by atoms with Crippen LogP contribution in [0.15, 0.2) is 54.6 Å². The minimum absolute atomic E-state index is 0.196. The van der Waals surface area contributed by atoms with Crippen molar-refractivity contribution >= 4 is 0 Å². The maximum absolute atomic E-state index is 6.03. The number of likely N-dealkylation sites (tertiary alicyclic amines) is 1. The molecule has 0 N–H and O–H groups in total. The predicted octanol–water partition coefficient (Wildman–Crippen LogP) is 4.89. The topological polar surface area (TPSA) is 12.5 Å². The van der Waals surface area contributed by atoms with Crippen molar-refractivity contribution in [2.45, 2.75) is 39.2 Å². The van der Waals surface area contributed by atoms with Gasteiger partial charge in [0.2, 0.25) is 0 Å². The fourth-order valence-electron chi connectivity index (χ4n) is 3.30. The van der Waals surface area contributed by atoms with Gasteiger partial charge in [-0.3, -0.25) is 4.90 Å². The van der Waals surface area contributed by atoms with Crippen molar-refractivity contribution in [3.8, 4) is 5.75 Å². The van der Waals surface area contributed by atoms with Gasteiger partial charge in [0.25, 0.3) is 0 Å². The normalized spacial score (nSPS) is 18.7. The van der Waals surface area contributed by atoms with E-state index in [1.807, 2.05) is 0 Å². The number of hydrogen-bond acceptors (Lipinski definition) is 2. The van der Waals surface area contributed by atoms with Gasteiger partial charge in [-0.25, -0.2) is 0 Å². The minimum Gasteiger partial charge on any atom is -0.493 e. The van der Waals surface area contributed by atoms with Crippen molar-refractivity contribution < 1.29 is 4.74 Å². The van der Waals surface area contributed by atoms with Gasteiger partial charge in [-0.05, 0) is 41.6 Å². The zero-order valence-corrected chi connectivity index (χ0v) is 15.2. The molecule has 0 radical (unpaired) electrons. The van der Waals surface area contributed by atoms with Crippen molar-refractivity contribution in [1.29, 1.82) is 0 Å². The molecule has 2 aromatic rings. The van der Waals surface area contributed by atoms with E-state index in [1.165, 1.54) is 24.1 Å². The standard InChI is InChI=1S/C22H29NO/c1-22(2,3)20-9-11-21(12-10-20)24-17-19-13-14-23(16-19)15-18-7-5-4-6-8-18/h4-12,19H,13-17H2,1-3H3. The summed E-state index contributed by atoms with van der Waals surface area (Å²) in [5, 5.41) is 0. The zero-order valence-electron chi connectivity index (χ0n) is 15.2. The van der Waals surface area contributed by atoms with Crippen molar-refractivity contribution in [3.63, 3.8) is 0 Å². The molecule has 3 rings (SSSR count). The summed E-state index contributed by atoms with van der Waals surface area (Å²) in [6.07, 6.45) is 1.23. The van der Waals surface area contributed by atoms with E-state index < -0.39 is 0 Å². The molecule has 1 heterocycles. The monoisotopic (exact) mass is 323 g/mol. The molecule has 1 aliphatic heterocycles. The molecular weight excluding hydrogens is 294 g/mol. The van der Waals surface area contributed by atoms with Crippen LogP contribution in [0.5, 0.6) is 5.75 Å². The molecule has 2 nitrogen and oxygen atoms in total. The predicted molar refractivity (Wildman–Crippen MR) is 100 cm³/mol. The van der Waals surface area contributed by atoms with Crippen LogP contribution in [0.1, 0.15) is 38.3 Å². The van der Waals surface area contributed by atoms with Gasteiger partial charge in [-0.2, -0.15) is 0 Å². The fourth-order valence-corrected chi connectivity index (χ4v) is 3.30. The molecule has 1 saturated heterocycles. The molecule has 128 valence electrons. The second-order valence-electron chi connectivity index (χ2n) is 7.96. The molecule has 2 heteroatoms. The van der Waals surface area contributed by atoms with E-state index in [4.69, 9.17) is 4.74 Å². The van der Waals surface area contributed by atoms with Crippen LogP contribution >= 0.6 is 0 Å². The van der Waals surface area contributed by atoms with Crippen LogP contribution in [-0.2, 0) is 12.0 Å². The Labute approximate surface area is 146 Å². The maximum Gasteiger partial charge on any atom is 0.119 e. The Kier molecular flexibility index (Phi) is 5.25. The summed E-state index contributed by atoms with van der Waals surface area (Å²) in [5.41, 5.74) is 2.95. The van der Waals surface area contributed by atoms with Gasteiger partial charge < -0.3 is 4.74 Å². The second-order valence-corrected chi connectivity index (χ2v) is 7.96. The smallest absolute Gasteiger partial charge is 0.119 e. The number of rotatable bonds is 5. The van der Waals surface area contributed by atoms with Gasteiger partial charge in [0.05, 0.1) is 6.61 Å². The third kappa shape index (κ3) is 4.61. The lowest BCUT2D eigenvalue weighted by molar-refractivity contribution is 0.238. The van der Waals surface area contributed by atoms with E-state index in [-0.39, 0.29) is 5.41 Å². The van der Waals surface area contributed by atoms with Crippen LogP contribution < -0.4 is 4.74 Å². The second kappa shape index (κ2) is 7.40. The first-order valence-corrected chi connectivity index (χ1v) is 9.00. The summed E-state index contributed by atoms with van der Waals surface area (Å²) >= 11 is 0. The van der Waals surface area contributed by atoms with Gasteiger partial charge >= 0.3 is 0 Å². The largest absolute Gasteiger partial charge is 0.493 e. The Balaban J connectivity index is 1.46. The quantitative estimate of drug-likeness (QED) is 0.777. The van der Waals surface area contributed by atoms with E-state index in [1.54, 1.807) is 0 Å². The molecule has 0 spiro atoms. The molecular formula is C22H29NO. The number of ether oxygens (including phenoxy) is 1. The first kappa shape index (κ1) is 17.0. The van der Waals surface area contributed by atoms with Gasteiger partial charge in [-0.1, -0.05) is 63.2 Å². The Morgan fingerprint density at radius 1 is 1.00 bits per heavy atom. The van der Waals surface area contributed by atoms with Crippen molar-refractivity contribution in [2.24, 2.45) is 5.92 Å². The van der Waals surface area contributed by atoms with Gasteiger partial charge in [-0.15, -0.1) is 0 Å². The van der Waals surface area contributed by atoms with Crippen LogP contribution in [0, 0.1) is 5.92 Å². The molecule has 0 saturated carbocycles. The molecule has 24 heavy (non-hydrogen) atoms. The highest BCUT2D eigenvalue weighted by Crippen LogP contribution is 2.25. The van der Waals surface area contributed by atoms with Crippen LogP contribution in [0.25, 0.3) is 0 Å². The number of nitrogens with zero attached hydrogens (tertiary/aromatic N) is 1. The highest BCUT2D eigenvalue weighted by molar-refractivity contribution is 5.31. The molecule has 2 aromatic carbocycles. The van der Waals surface area contributed by atoms with E-state index in [0.29, 0.717) is 5.92 Å². The van der Waals surface area contributed by atoms with Gasteiger partial charge in [0.1, 0.15) is 5.75 Å². The molecule has 0 bridgehead atoms. The highest BCUT2D eigenvalue weighted by atomic mass is 16.5. The van der Waals surface area contributed by atoms with Crippen LogP contribution in [0.3, 0.4) is 0 Å². The summed E-state index contributed by atoms with van der Waals surface area (Å²) in [7, 11) is 0. The van der Waals surface area contributed by atoms with Crippen molar-refractivity contribution in [2.75, 3.05) is 19.7 Å². The fraction of sp³-hybridized carbons (Fsp3) is 0.455. The first-order chi connectivity index (χ1) is 11.5. The third-order valence-corrected chi connectivity index (χ3v) is 4.83. The molecule has 0 amide bonds. The summed E-state index contributed by atoms with van der Waals surface area (Å²) in [4.78, 5) is 2.53. The first-order valence-electron chi connectivity index (χ1n) is 9.00. The summed E-state index contributed by atoms with van der Waals surface area (Å²) < 4.78 is 6.03. The van der Waals surface area contributed by atoms with E-state index in [2.05, 4.69) is 80.3 Å². The average Bonchev–Trinajstić information content (AvgIpc) is 3.01. The highest BCUT2D eigenvalue weighted by Gasteiger charge is 2.23. The lowest BCUT2D eigenvalue weighted by Gasteiger charge is -2.19. The third-order valence-electron chi connectivity index (χ3n) is 4.83. The molecule has 0 aliphatic carbocycles. The molecule has 1 unspecified atom stereocenters. The molecule has 0 aromatic heterocycles. The Morgan fingerprint density at radius 3 is 2.38 bits per heavy atom. The lowest BCUT2D eigenvalue weighted by Crippen LogP contribution is -2.22. The summed E-state index contributed by atoms with van der Waals surface area (Å²) in [6, 6.07) is 19.3. The molecule has 1 aliphatic rings. The van der Waals surface area contributed by atoms with Crippen LogP contribution in [-0.4, -0.2) is 24.6 Å². The summed E-state index contributed by atoms with van der Waals surface area (Å²) in [6.45, 7) is 10.9. The average molecular weight is 323 g/mol. The van der Waals surface area contributed by atoms with E-state index in [9.17, 15) is 0 Å². The molecule has 1 atom stereocenters.